The molecule has 16 heavy (non-hydrogen) atoms. The van der Waals surface area contributed by atoms with Crippen molar-refractivity contribution in [2.24, 2.45) is 0 Å². The summed E-state index contributed by atoms with van der Waals surface area (Å²) in [5.41, 5.74) is 2.09. The molecule has 0 aliphatic carbocycles. The van der Waals surface area contributed by atoms with Crippen LogP contribution in [0.15, 0.2) is 4.79 Å². The first kappa shape index (κ1) is 9.53. The smallest absolute Gasteiger partial charge is 0.316 e. The van der Waals surface area contributed by atoms with Crippen LogP contribution in [0.4, 0.5) is 0 Å². The number of nitrogens with zero attached hydrogens (tertiary/aromatic N) is 2. The molecule has 1 aliphatic heterocycles. The minimum atomic E-state index is -0.220. The Bertz CT molecular complexity index is 578. The van der Waals surface area contributed by atoms with E-state index in [9.17, 15) is 4.79 Å². The van der Waals surface area contributed by atoms with Crippen molar-refractivity contribution in [2.75, 3.05) is 13.1 Å². The van der Waals surface area contributed by atoms with Gasteiger partial charge >= 0.3 is 5.69 Å². The maximum absolute atomic E-state index is 11.3. The van der Waals surface area contributed by atoms with Crippen LogP contribution in [0, 0.1) is 6.92 Å². The van der Waals surface area contributed by atoms with Crippen LogP contribution in [-0.4, -0.2) is 33.0 Å². The topological polar surface area (TPSA) is 86.5 Å². The molecule has 0 saturated carbocycles. The van der Waals surface area contributed by atoms with Crippen LogP contribution in [0.25, 0.3) is 11.2 Å². The molecule has 3 N–H and O–H groups in total. The van der Waals surface area contributed by atoms with Gasteiger partial charge in [0.2, 0.25) is 0 Å². The third kappa shape index (κ3) is 1.42. The lowest BCUT2D eigenvalue weighted by molar-refractivity contribution is 0.733. The van der Waals surface area contributed by atoms with Gasteiger partial charge in [-0.25, -0.2) is 14.8 Å². The van der Waals surface area contributed by atoms with Crippen molar-refractivity contribution in [3.63, 3.8) is 0 Å². The first-order valence-electron chi connectivity index (χ1n) is 5.41. The molecule has 1 unspecified atom stereocenters. The highest BCUT2D eigenvalue weighted by molar-refractivity contribution is 5.73. The molecule has 6 nitrogen and oxygen atoms in total. The third-order valence-electron chi connectivity index (χ3n) is 2.97. The molecule has 1 aliphatic rings. The summed E-state index contributed by atoms with van der Waals surface area (Å²) in [7, 11) is 0. The van der Waals surface area contributed by atoms with Crippen LogP contribution in [0.2, 0.25) is 0 Å². The quantitative estimate of drug-likeness (QED) is 0.631. The fraction of sp³-hybridized carbons (Fsp3) is 0.500. The lowest BCUT2D eigenvalue weighted by Gasteiger charge is -2.08. The SMILES string of the molecule is Cc1nc(C2CCNC2)c2[nH]c(=O)[nH]c2n1. The number of imidazole rings is 1. The van der Waals surface area contributed by atoms with Crippen molar-refractivity contribution in [1.29, 1.82) is 0 Å². The summed E-state index contributed by atoms with van der Waals surface area (Å²) in [5.74, 6) is 1.07. The average Bonchev–Trinajstić information content (AvgIpc) is 2.83. The van der Waals surface area contributed by atoms with Gasteiger partial charge in [-0.2, -0.15) is 0 Å². The molecular formula is C10H13N5O. The number of H-pyrrole nitrogens is 2. The fourth-order valence-corrected chi connectivity index (χ4v) is 2.24. The zero-order valence-corrected chi connectivity index (χ0v) is 9.00. The van der Waals surface area contributed by atoms with Crippen molar-refractivity contribution >= 4 is 11.2 Å². The number of hydrogen-bond donors (Lipinski definition) is 3. The fourth-order valence-electron chi connectivity index (χ4n) is 2.24. The molecule has 2 aromatic rings. The first-order valence-corrected chi connectivity index (χ1v) is 5.41. The van der Waals surface area contributed by atoms with E-state index in [0.29, 0.717) is 17.4 Å². The normalized spacial score (nSPS) is 20.7. The first-order chi connectivity index (χ1) is 7.74. The summed E-state index contributed by atoms with van der Waals surface area (Å²) in [6.07, 6.45) is 1.05. The number of fused-ring (bicyclic) bond motifs is 1. The van der Waals surface area contributed by atoms with Crippen LogP contribution in [-0.2, 0) is 0 Å². The van der Waals surface area contributed by atoms with Gasteiger partial charge in [0, 0.05) is 12.5 Å². The van der Waals surface area contributed by atoms with E-state index >= 15 is 0 Å². The standard InChI is InChI=1S/C10H13N5O/c1-5-12-7(6-2-3-11-4-6)8-9(13-5)15-10(16)14-8/h6,11H,2-4H2,1H3,(H2,12,13,14,15,16). The highest BCUT2D eigenvalue weighted by Crippen LogP contribution is 2.24. The van der Waals surface area contributed by atoms with Crippen molar-refractivity contribution in [2.45, 2.75) is 19.3 Å². The lowest BCUT2D eigenvalue weighted by atomic mass is 10.0. The highest BCUT2D eigenvalue weighted by Gasteiger charge is 2.22. The van der Waals surface area contributed by atoms with E-state index in [4.69, 9.17) is 0 Å². The van der Waals surface area contributed by atoms with Crippen LogP contribution < -0.4 is 11.0 Å². The van der Waals surface area contributed by atoms with E-state index in [-0.39, 0.29) is 5.69 Å². The molecule has 6 heteroatoms. The van der Waals surface area contributed by atoms with E-state index in [1.807, 2.05) is 6.92 Å². The van der Waals surface area contributed by atoms with Crippen molar-refractivity contribution in [3.05, 3.63) is 22.0 Å². The molecule has 2 aromatic heterocycles. The second-order valence-corrected chi connectivity index (χ2v) is 4.15. The summed E-state index contributed by atoms with van der Waals surface area (Å²) in [6, 6.07) is 0. The van der Waals surface area contributed by atoms with Crippen LogP contribution in [0.3, 0.4) is 0 Å². The van der Waals surface area contributed by atoms with Gasteiger partial charge in [-0.15, -0.1) is 0 Å². The Morgan fingerprint density at radius 1 is 1.31 bits per heavy atom. The average molecular weight is 219 g/mol. The maximum Gasteiger partial charge on any atom is 0.325 e. The van der Waals surface area contributed by atoms with E-state index in [2.05, 4.69) is 25.3 Å². The lowest BCUT2D eigenvalue weighted by Crippen LogP contribution is -2.10. The van der Waals surface area contributed by atoms with Gasteiger partial charge in [-0.05, 0) is 19.9 Å². The molecule has 0 radical (unpaired) electrons. The maximum atomic E-state index is 11.3. The summed E-state index contributed by atoms with van der Waals surface area (Å²) in [4.78, 5) is 25.4. The predicted octanol–water partition coefficient (Wildman–Crippen LogP) is 0.0315. The Morgan fingerprint density at radius 2 is 2.19 bits per heavy atom. The number of hydrogen-bond acceptors (Lipinski definition) is 4. The van der Waals surface area contributed by atoms with Gasteiger partial charge in [0.1, 0.15) is 11.3 Å². The third-order valence-corrected chi connectivity index (χ3v) is 2.97. The monoisotopic (exact) mass is 219 g/mol. The molecule has 3 heterocycles. The zero-order chi connectivity index (χ0) is 11.1. The molecule has 84 valence electrons. The van der Waals surface area contributed by atoms with E-state index in [1.165, 1.54) is 0 Å². The van der Waals surface area contributed by atoms with Crippen LogP contribution in [0.1, 0.15) is 23.9 Å². The van der Waals surface area contributed by atoms with Gasteiger partial charge in [0.15, 0.2) is 5.65 Å². The van der Waals surface area contributed by atoms with Crippen LogP contribution in [0.5, 0.6) is 0 Å². The predicted molar refractivity (Wildman–Crippen MR) is 59.5 cm³/mol. The number of rotatable bonds is 1. The van der Waals surface area contributed by atoms with E-state index in [0.717, 1.165) is 30.7 Å². The van der Waals surface area contributed by atoms with Gasteiger partial charge in [-0.3, -0.25) is 4.98 Å². The van der Waals surface area contributed by atoms with Gasteiger partial charge in [-0.1, -0.05) is 0 Å². The second-order valence-electron chi connectivity index (χ2n) is 4.15. The summed E-state index contributed by atoms with van der Waals surface area (Å²) in [5, 5.41) is 3.30. The summed E-state index contributed by atoms with van der Waals surface area (Å²) >= 11 is 0. The van der Waals surface area contributed by atoms with Gasteiger partial charge in [0.25, 0.3) is 0 Å². The number of nitrogens with one attached hydrogen (secondary N) is 3. The zero-order valence-electron chi connectivity index (χ0n) is 9.00. The number of aryl methyl sites for hydroxylation is 1. The molecule has 0 amide bonds. The van der Waals surface area contributed by atoms with Gasteiger partial charge < -0.3 is 10.3 Å². The van der Waals surface area contributed by atoms with Crippen molar-refractivity contribution in [1.82, 2.24) is 25.3 Å². The Hall–Kier alpha value is -1.69. The minimum absolute atomic E-state index is 0.220. The highest BCUT2D eigenvalue weighted by atomic mass is 16.1. The molecule has 0 spiro atoms. The van der Waals surface area contributed by atoms with Gasteiger partial charge in [0.05, 0.1) is 5.69 Å². The molecule has 1 atom stereocenters. The minimum Gasteiger partial charge on any atom is -0.316 e. The Labute approximate surface area is 91.5 Å². The molecule has 0 bridgehead atoms. The van der Waals surface area contributed by atoms with Crippen LogP contribution >= 0.6 is 0 Å². The van der Waals surface area contributed by atoms with Crippen molar-refractivity contribution < 1.29 is 0 Å². The number of aromatic amines is 2. The largest absolute Gasteiger partial charge is 0.325 e. The van der Waals surface area contributed by atoms with E-state index in [1.54, 1.807) is 0 Å². The molecular weight excluding hydrogens is 206 g/mol. The molecule has 1 fully saturated rings. The van der Waals surface area contributed by atoms with E-state index < -0.39 is 0 Å². The Balaban J connectivity index is 2.24. The van der Waals surface area contributed by atoms with Crippen molar-refractivity contribution in [3.8, 4) is 0 Å². The molecule has 1 saturated heterocycles. The number of aromatic nitrogens is 4. The second kappa shape index (κ2) is 3.41. The summed E-state index contributed by atoms with van der Waals surface area (Å²) in [6.45, 7) is 3.76. The summed E-state index contributed by atoms with van der Waals surface area (Å²) < 4.78 is 0. The Morgan fingerprint density at radius 3 is 2.94 bits per heavy atom. The molecule has 0 aromatic carbocycles. The Kier molecular flexibility index (Phi) is 2.03. The molecule has 3 rings (SSSR count).